The van der Waals surface area contributed by atoms with Gasteiger partial charge in [-0.1, -0.05) is 12.1 Å². The molecule has 6 aromatic carbocycles. The quantitative estimate of drug-likeness (QED) is 0.0939. The van der Waals surface area contributed by atoms with Crippen LogP contribution < -0.4 is 0 Å². The predicted octanol–water partition coefficient (Wildman–Crippen LogP) is 10.5. The summed E-state index contributed by atoms with van der Waals surface area (Å²) in [5.41, 5.74) is -1.51. The monoisotopic (exact) mass is 702 g/mol. The molecule has 0 aliphatic carbocycles. The maximum atomic E-state index is 11.8. The summed E-state index contributed by atoms with van der Waals surface area (Å²) in [4.78, 5) is 0. The third kappa shape index (κ3) is 13.8. The second kappa shape index (κ2) is 19.6. The zero-order valence-corrected chi connectivity index (χ0v) is 27.3. The van der Waals surface area contributed by atoms with Crippen molar-refractivity contribution in [1.29, 1.82) is 0 Å². The Kier molecular flexibility index (Phi) is 18.0. The molecule has 0 fully saturated rings. The van der Waals surface area contributed by atoms with Crippen LogP contribution in [0.1, 0.15) is 11.1 Å². The van der Waals surface area contributed by atoms with Crippen molar-refractivity contribution in [3.05, 3.63) is 159 Å². The minimum absolute atomic E-state index is 0. The number of hydrogen-bond acceptors (Lipinski definition) is 2. The van der Waals surface area contributed by atoms with Gasteiger partial charge in [-0.3, -0.25) is 0 Å². The summed E-state index contributed by atoms with van der Waals surface area (Å²) >= 11 is 1.36. The molecule has 0 aromatic heterocycles. The summed E-state index contributed by atoms with van der Waals surface area (Å²) in [6, 6.07) is 36.7. The third-order valence-corrected chi connectivity index (χ3v) is 5.48. The van der Waals surface area contributed by atoms with Crippen molar-refractivity contribution in [3.8, 4) is 11.5 Å². The Hall–Kier alpha value is -3.62. The molecule has 44 heavy (non-hydrogen) atoms. The zero-order valence-electron chi connectivity index (χ0n) is 23.9. The molecule has 2 nitrogen and oxygen atoms in total. The molecule has 0 saturated carbocycles. The number of hydrogen-bond donors (Lipinski definition) is 2. The Labute approximate surface area is 270 Å². The summed E-state index contributed by atoms with van der Waals surface area (Å²) in [5.74, 6) is -0.337. The first kappa shape index (κ1) is 40.4. The molecule has 0 saturated heterocycles. The van der Waals surface area contributed by atoms with E-state index in [-0.39, 0.29) is 26.4 Å². The van der Waals surface area contributed by atoms with Gasteiger partial charge >= 0.3 is 42.6 Å². The van der Waals surface area contributed by atoms with Crippen LogP contribution in [0.15, 0.2) is 133 Å². The van der Waals surface area contributed by atoms with Gasteiger partial charge in [0, 0.05) is 0 Å². The van der Waals surface area contributed by atoms with Crippen molar-refractivity contribution >= 4 is 28.4 Å². The van der Waals surface area contributed by atoms with Crippen molar-refractivity contribution in [3.63, 3.8) is 0 Å². The van der Waals surface area contributed by atoms with Crippen molar-refractivity contribution in [1.82, 2.24) is 0 Å². The molecule has 0 heterocycles. The van der Waals surface area contributed by atoms with E-state index in [1.54, 1.807) is 0 Å². The molecular weight excluding hydrogens is 674 g/mol. The Balaban J connectivity index is 0.000000543. The SMILES string of the molecule is Oc1ccc(C(F)(F)F)cc1.Oc1ccc(C(F)(F)F)cc1.[CH3-].[CH3-].[Si]=[Zr].c1ccc2[cH-]ccc2c1.c1ccc2[cH-]ccc2c1. The molecule has 2 radical (unpaired) electrons. The van der Waals surface area contributed by atoms with Gasteiger partial charge in [-0.05, 0) is 48.5 Å². The normalized spacial score (nSPS) is 10.0. The molecule has 0 amide bonds. The molecular formula is C34H30F6O2SiZr-4. The molecule has 2 N–H and O–H groups in total. The average Bonchev–Trinajstić information content (AvgIpc) is 3.65. The van der Waals surface area contributed by atoms with Gasteiger partial charge in [-0.15, -0.1) is 59.3 Å². The largest absolute Gasteiger partial charge is 0.168 e. The summed E-state index contributed by atoms with van der Waals surface area (Å²) in [6.45, 7) is 3.06. The Morgan fingerprint density at radius 1 is 0.477 bits per heavy atom. The summed E-state index contributed by atoms with van der Waals surface area (Å²) in [6.07, 6.45) is -8.65. The smallest absolute Gasteiger partial charge is 0.0809 e. The van der Waals surface area contributed by atoms with E-state index in [4.69, 9.17) is 10.2 Å². The van der Waals surface area contributed by atoms with Crippen LogP contribution in [0.2, 0.25) is 0 Å². The van der Waals surface area contributed by atoms with E-state index < -0.39 is 23.5 Å². The number of halogens is 6. The van der Waals surface area contributed by atoms with E-state index in [0.29, 0.717) is 0 Å². The number of alkyl halides is 6. The second-order valence-corrected chi connectivity index (χ2v) is 8.40. The number of phenols is 2. The van der Waals surface area contributed by atoms with Gasteiger partial charge < -0.3 is 25.1 Å². The maximum absolute atomic E-state index is 11.8. The predicted molar refractivity (Wildman–Crippen MR) is 164 cm³/mol. The van der Waals surface area contributed by atoms with Gasteiger partial charge in [0.05, 0.1) is 11.1 Å². The van der Waals surface area contributed by atoms with Crippen LogP contribution in [0.5, 0.6) is 11.5 Å². The van der Waals surface area contributed by atoms with Crippen LogP contribution >= 0.6 is 0 Å². The second-order valence-electron chi connectivity index (χ2n) is 8.40. The molecule has 0 atom stereocenters. The average molecular weight is 704 g/mol. The Bertz CT molecular complexity index is 1420. The van der Waals surface area contributed by atoms with Gasteiger partial charge in [0.2, 0.25) is 0 Å². The van der Waals surface area contributed by atoms with Gasteiger partial charge in [0.1, 0.15) is 11.5 Å². The molecule has 232 valence electrons. The minimum Gasteiger partial charge on any atom is -0.168 e. The molecule has 0 bridgehead atoms. The van der Waals surface area contributed by atoms with Gasteiger partial charge in [0.15, 0.2) is 0 Å². The third-order valence-electron chi connectivity index (χ3n) is 5.48. The number of benzene rings is 4. The first-order chi connectivity index (χ1) is 19.9. The standard InChI is InChI=1S/2C9H7.2C7H5F3O.2CH3.Si.Zr/c2*1-2-5-9-7-3-6-8(9)4-1;2*8-7(9,10)5-1-3-6(11)4-2-5;;;;/h2*1-7H;2*1-4,11H;2*1H3;;/q2*-1;;;2*-1;;. The van der Waals surface area contributed by atoms with Crippen LogP contribution in [0, 0.1) is 14.9 Å². The molecule has 6 aromatic rings. The first-order valence-corrected chi connectivity index (χ1v) is 16.3. The fourth-order valence-corrected chi connectivity index (χ4v) is 3.44. The van der Waals surface area contributed by atoms with Gasteiger partial charge in [0.25, 0.3) is 0 Å². The first-order valence-electron chi connectivity index (χ1n) is 12.1. The van der Waals surface area contributed by atoms with Crippen LogP contribution in [0.25, 0.3) is 21.5 Å². The van der Waals surface area contributed by atoms with Crippen LogP contribution in [-0.4, -0.2) is 17.1 Å². The van der Waals surface area contributed by atoms with Crippen LogP contribution in [-0.2, 0) is 35.7 Å². The molecule has 0 spiro atoms. The van der Waals surface area contributed by atoms with E-state index in [2.05, 4.69) is 91.8 Å². The van der Waals surface area contributed by atoms with Crippen LogP contribution in [0.3, 0.4) is 0 Å². The fraction of sp³-hybridized carbons (Fsp3) is 0.0588. The molecule has 0 unspecified atom stereocenters. The molecule has 10 heteroatoms. The van der Waals surface area contributed by atoms with E-state index in [1.165, 1.54) is 44.9 Å². The summed E-state index contributed by atoms with van der Waals surface area (Å²) < 4.78 is 71.0. The van der Waals surface area contributed by atoms with Gasteiger partial charge in [-0.2, -0.15) is 61.4 Å². The topological polar surface area (TPSA) is 40.5 Å². The van der Waals surface area contributed by atoms with E-state index in [9.17, 15) is 26.3 Å². The van der Waals surface area contributed by atoms with Crippen molar-refractivity contribution < 1.29 is 59.9 Å². The summed E-state index contributed by atoms with van der Waals surface area (Å²) in [7, 11) is 0. The zero-order chi connectivity index (χ0) is 31.2. The molecule has 0 aliphatic heterocycles. The number of aromatic hydroxyl groups is 2. The van der Waals surface area contributed by atoms with Crippen molar-refractivity contribution in [2.75, 3.05) is 0 Å². The molecule has 0 aliphatic rings. The van der Waals surface area contributed by atoms with Crippen molar-refractivity contribution in [2.24, 2.45) is 0 Å². The van der Waals surface area contributed by atoms with Crippen molar-refractivity contribution in [2.45, 2.75) is 12.4 Å². The van der Waals surface area contributed by atoms with Crippen LogP contribution in [0.4, 0.5) is 26.3 Å². The number of fused-ring (bicyclic) bond motifs is 2. The minimum atomic E-state index is -4.33. The maximum Gasteiger partial charge on any atom is -0.0809 e. The van der Waals surface area contributed by atoms with E-state index in [1.807, 2.05) is 0 Å². The Morgan fingerprint density at radius 3 is 1.05 bits per heavy atom. The van der Waals surface area contributed by atoms with E-state index >= 15 is 0 Å². The number of phenolic OH excluding ortho intramolecular Hbond substituents is 2. The molecule has 6 rings (SSSR count). The van der Waals surface area contributed by atoms with Gasteiger partial charge in [-0.25, -0.2) is 0 Å². The van der Waals surface area contributed by atoms with E-state index in [0.717, 1.165) is 48.5 Å². The fourth-order valence-electron chi connectivity index (χ4n) is 3.44. The number of rotatable bonds is 0. The Morgan fingerprint density at radius 2 is 0.773 bits per heavy atom. The summed E-state index contributed by atoms with van der Waals surface area (Å²) in [5, 5.41) is 22.6.